The van der Waals surface area contributed by atoms with Crippen molar-refractivity contribution < 1.29 is 19.1 Å². The lowest BCUT2D eigenvalue weighted by Crippen LogP contribution is -2.45. The van der Waals surface area contributed by atoms with E-state index < -0.39 is 23.7 Å². The van der Waals surface area contributed by atoms with Gasteiger partial charge in [0, 0.05) is 6.54 Å². The highest BCUT2D eigenvalue weighted by molar-refractivity contribution is 5.83. The summed E-state index contributed by atoms with van der Waals surface area (Å²) in [4.78, 5) is 32.4. The molecule has 0 heterocycles. The molecule has 0 aliphatic heterocycles. The third-order valence-electron chi connectivity index (χ3n) is 3.23. The van der Waals surface area contributed by atoms with Crippen LogP contribution < -0.4 is 33.0 Å². The van der Waals surface area contributed by atoms with E-state index in [0.717, 1.165) is 0 Å². The Kier molecular flexibility index (Phi) is 8.71. The molecule has 0 saturated carbocycles. The largest absolute Gasteiger partial charge is 0.444 e. The van der Waals surface area contributed by atoms with Crippen LogP contribution in [0.4, 0.5) is 10.5 Å². The highest BCUT2D eigenvalue weighted by Crippen LogP contribution is 2.19. The number of hydrogen-bond acceptors (Lipinski definition) is 6. The Bertz CT molecular complexity index is 746. The zero-order chi connectivity index (χ0) is 22.0. The van der Waals surface area contributed by atoms with Gasteiger partial charge in [0.25, 0.3) is 0 Å². The Labute approximate surface area is 169 Å². The number of hydrogen-bond donors (Lipinski definition) is 5. The second kappa shape index (κ2) is 10.7. The maximum atomic E-state index is 12.6. The smallest absolute Gasteiger partial charge is 0.408 e. The lowest BCUT2D eigenvalue weighted by molar-refractivity contribution is -0.137. The molecule has 0 fully saturated rings. The fourth-order valence-electron chi connectivity index (χ4n) is 2.13. The van der Waals surface area contributed by atoms with Crippen LogP contribution in [0.1, 0.15) is 33.6 Å². The first-order valence-electron chi connectivity index (χ1n) is 8.92. The SMILES string of the molecule is CC(C)(C)OC(=O)N[C@@H](CCCN=C(N)N)C(=O)Oc1ccc(N=C(N)N)cc1. The van der Waals surface area contributed by atoms with Crippen molar-refractivity contribution in [2.75, 3.05) is 6.54 Å². The van der Waals surface area contributed by atoms with Crippen LogP contribution in [0.2, 0.25) is 0 Å². The number of nitrogens with two attached hydrogens (primary N) is 4. The number of nitrogens with one attached hydrogen (secondary N) is 1. The Morgan fingerprint density at radius 1 is 1.07 bits per heavy atom. The van der Waals surface area contributed by atoms with Crippen LogP contribution in [-0.2, 0) is 9.53 Å². The molecule has 0 radical (unpaired) electrons. The van der Waals surface area contributed by atoms with Gasteiger partial charge in [-0.25, -0.2) is 14.6 Å². The minimum atomic E-state index is -0.948. The van der Waals surface area contributed by atoms with Crippen LogP contribution in [-0.4, -0.2) is 42.2 Å². The number of amides is 1. The van der Waals surface area contributed by atoms with Gasteiger partial charge in [0.05, 0.1) is 5.69 Å². The molecule has 11 heteroatoms. The molecule has 1 amide bonds. The number of benzene rings is 1. The molecule has 0 aromatic heterocycles. The zero-order valence-corrected chi connectivity index (χ0v) is 16.8. The van der Waals surface area contributed by atoms with Crippen LogP contribution in [0.5, 0.6) is 5.75 Å². The van der Waals surface area contributed by atoms with Crippen LogP contribution in [0, 0.1) is 0 Å². The van der Waals surface area contributed by atoms with Crippen LogP contribution in [0.25, 0.3) is 0 Å². The molecule has 1 rings (SSSR count). The summed E-state index contributed by atoms with van der Waals surface area (Å²) < 4.78 is 10.5. The number of alkyl carbamates (subject to hydrolysis) is 1. The summed E-state index contributed by atoms with van der Waals surface area (Å²) in [5.74, 6) is -0.526. The Hall–Kier alpha value is -3.50. The number of nitrogens with zero attached hydrogens (tertiary/aromatic N) is 2. The number of carbonyl (C=O) groups excluding carboxylic acids is 2. The Morgan fingerprint density at radius 2 is 1.69 bits per heavy atom. The van der Waals surface area contributed by atoms with Gasteiger partial charge in [-0.2, -0.15) is 0 Å². The quantitative estimate of drug-likeness (QED) is 0.135. The van der Waals surface area contributed by atoms with Crippen LogP contribution in [0.3, 0.4) is 0 Å². The fourth-order valence-corrected chi connectivity index (χ4v) is 2.13. The average molecular weight is 407 g/mol. The van der Waals surface area contributed by atoms with Crippen molar-refractivity contribution in [3.05, 3.63) is 24.3 Å². The summed E-state index contributed by atoms with van der Waals surface area (Å²) in [7, 11) is 0. The molecule has 0 unspecified atom stereocenters. The van der Waals surface area contributed by atoms with E-state index in [2.05, 4.69) is 15.3 Å². The third kappa shape index (κ3) is 10.4. The average Bonchev–Trinajstić information content (AvgIpc) is 2.57. The van der Waals surface area contributed by atoms with E-state index in [0.29, 0.717) is 18.7 Å². The number of rotatable bonds is 8. The number of esters is 1. The number of carbonyl (C=O) groups is 2. The molecule has 29 heavy (non-hydrogen) atoms. The van der Waals surface area contributed by atoms with Crippen molar-refractivity contribution in [1.29, 1.82) is 0 Å². The summed E-state index contributed by atoms with van der Waals surface area (Å²) in [5, 5.41) is 2.52. The predicted octanol–water partition coefficient (Wildman–Crippen LogP) is 0.444. The van der Waals surface area contributed by atoms with Crippen molar-refractivity contribution in [2.24, 2.45) is 32.9 Å². The minimum Gasteiger partial charge on any atom is -0.444 e. The van der Waals surface area contributed by atoms with Gasteiger partial charge in [0.1, 0.15) is 17.4 Å². The van der Waals surface area contributed by atoms with E-state index in [1.54, 1.807) is 32.9 Å². The highest BCUT2D eigenvalue weighted by Gasteiger charge is 2.25. The Morgan fingerprint density at radius 3 is 2.21 bits per heavy atom. The molecular weight excluding hydrogens is 378 g/mol. The molecule has 0 aliphatic carbocycles. The van der Waals surface area contributed by atoms with E-state index in [4.69, 9.17) is 32.4 Å². The van der Waals surface area contributed by atoms with Gasteiger partial charge in [0.2, 0.25) is 0 Å². The lowest BCUT2D eigenvalue weighted by Gasteiger charge is -2.22. The first-order chi connectivity index (χ1) is 13.5. The second-order valence-electron chi connectivity index (χ2n) is 7.10. The normalized spacial score (nSPS) is 11.7. The molecular formula is C18H29N7O4. The summed E-state index contributed by atoms with van der Waals surface area (Å²) in [6.45, 7) is 5.46. The second-order valence-corrected chi connectivity index (χ2v) is 7.10. The van der Waals surface area contributed by atoms with E-state index in [9.17, 15) is 9.59 Å². The van der Waals surface area contributed by atoms with Gasteiger partial charge in [-0.3, -0.25) is 4.99 Å². The van der Waals surface area contributed by atoms with E-state index in [-0.39, 0.29) is 24.1 Å². The van der Waals surface area contributed by atoms with Gasteiger partial charge in [-0.05, 0) is 57.9 Å². The minimum absolute atomic E-state index is 0.0508. The summed E-state index contributed by atoms with van der Waals surface area (Å²) in [6, 6.07) is 5.28. The highest BCUT2D eigenvalue weighted by atomic mass is 16.6. The first kappa shape index (κ1) is 23.5. The van der Waals surface area contributed by atoms with Crippen molar-refractivity contribution in [1.82, 2.24) is 5.32 Å². The standard InChI is InChI=1S/C18H29N7O4/c1-18(2,3)29-17(27)25-13(5-4-10-23-15(19)20)14(26)28-12-8-6-11(7-9-12)24-16(21)22/h6-9,13H,4-5,10H2,1-3H3,(H,25,27)(H4,19,20,23)(H4,21,22,24)/t13-/m0/s1. The predicted molar refractivity (Wildman–Crippen MR) is 111 cm³/mol. The number of guanidine groups is 2. The molecule has 9 N–H and O–H groups in total. The van der Waals surface area contributed by atoms with Crippen molar-refractivity contribution in [3.8, 4) is 5.75 Å². The molecule has 0 spiro atoms. The van der Waals surface area contributed by atoms with Gasteiger partial charge in [-0.1, -0.05) is 0 Å². The topological polar surface area (TPSA) is 193 Å². The molecule has 160 valence electrons. The van der Waals surface area contributed by atoms with Crippen LogP contribution in [0.15, 0.2) is 34.3 Å². The van der Waals surface area contributed by atoms with Crippen LogP contribution >= 0.6 is 0 Å². The van der Waals surface area contributed by atoms with Gasteiger partial charge in [-0.15, -0.1) is 0 Å². The van der Waals surface area contributed by atoms with E-state index >= 15 is 0 Å². The van der Waals surface area contributed by atoms with Gasteiger partial charge < -0.3 is 37.7 Å². The first-order valence-corrected chi connectivity index (χ1v) is 8.92. The zero-order valence-electron chi connectivity index (χ0n) is 16.8. The Balaban J connectivity index is 2.80. The fraction of sp³-hybridized carbons (Fsp3) is 0.444. The van der Waals surface area contributed by atoms with Gasteiger partial charge >= 0.3 is 12.1 Å². The van der Waals surface area contributed by atoms with E-state index in [1.165, 1.54) is 12.1 Å². The number of aliphatic imine (C=N–C) groups is 2. The van der Waals surface area contributed by atoms with Gasteiger partial charge in [0.15, 0.2) is 11.9 Å². The molecule has 1 aromatic carbocycles. The lowest BCUT2D eigenvalue weighted by atomic mass is 10.1. The molecule has 1 atom stereocenters. The summed E-state index contributed by atoms with van der Waals surface area (Å²) in [6.07, 6.45) is -0.0397. The maximum Gasteiger partial charge on any atom is 0.408 e. The molecule has 0 aliphatic rings. The van der Waals surface area contributed by atoms with Crippen molar-refractivity contribution in [3.63, 3.8) is 0 Å². The monoisotopic (exact) mass is 407 g/mol. The molecule has 1 aromatic rings. The third-order valence-corrected chi connectivity index (χ3v) is 3.23. The van der Waals surface area contributed by atoms with Crippen molar-refractivity contribution >= 4 is 29.7 Å². The summed E-state index contributed by atoms with van der Waals surface area (Å²) in [5.41, 5.74) is 21.0. The van der Waals surface area contributed by atoms with Crippen molar-refractivity contribution in [2.45, 2.75) is 45.3 Å². The maximum absolute atomic E-state index is 12.6. The molecule has 0 saturated heterocycles. The summed E-state index contributed by atoms with van der Waals surface area (Å²) >= 11 is 0. The molecule has 0 bridgehead atoms. The molecule has 11 nitrogen and oxygen atoms in total. The number of ether oxygens (including phenoxy) is 2. The van der Waals surface area contributed by atoms with E-state index in [1.807, 2.05) is 0 Å².